The molecule has 0 unspecified atom stereocenters. The molecule has 192 valence electrons. The normalized spacial score (nSPS) is 19.2. The summed E-state index contributed by atoms with van der Waals surface area (Å²) < 4.78 is 5.15. The second kappa shape index (κ2) is 10.9. The molecule has 12 nitrogen and oxygen atoms in total. The summed E-state index contributed by atoms with van der Waals surface area (Å²) in [5.41, 5.74) is 1.14. The molecule has 2 fully saturated rings. The van der Waals surface area contributed by atoms with Crippen molar-refractivity contribution in [3.8, 4) is 0 Å². The molecule has 2 N–H and O–H groups in total. The summed E-state index contributed by atoms with van der Waals surface area (Å²) in [5, 5.41) is 3.16. The highest BCUT2D eigenvalue weighted by molar-refractivity contribution is 5.88. The smallest absolute Gasteiger partial charge is 0.417 e. The zero-order chi connectivity index (χ0) is 25.8. The zero-order valence-electron chi connectivity index (χ0n) is 20.9. The van der Waals surface area contributed by atoms with Crippen LogP contribution in [0.1, 0.15) is 43.4 Å². The molecular weight excluding hydrogens is 464 g/mol. The third-order valence-corrected chi connectivity index (χ3v) is 6.45. The third kappa shape index (κ3) is 5.54. The van der Waals surface area contributed by atoms with Crippen LogP contribution in [0.25, 0.3) is 0 Å². The lowest BCUT2D eigenvalue weighted by Gasteiger charge is -2.34. The first kappa shape index (κ1) is 25.3. The molecular formula is C24H32N8O4. The second-order valence-electron chi connectivity index (χ2n) is 8.95. The molecule has 0 bridgehead atoms. The van der Waals surface area contributed by atoms with Gasteiger partial charge in [0.1, 0.15) is 12.4 Å². The van der Waals surface area contributed by atoms with Gasteiger partial charge in [0.15, 0.2) is 0 Å². The molecule has 2 atom stereocenters. The molecule has 0 saturated carbocycles. The summed E-state index contributed by atoms with van der Waals surface area (Å²) in [6.07, 6.45) is 1.56. The Balaban J connectivity index is 1.42. The molecule has 0 aliphatic carbocycles. The standard InChI is InChI=1S/C24H32N8O4/c1-5-18-14-36-24(35)32(18)23-27-16(4)26-22(29-23)25-15(3)19-8-7-17(28-21(19)34)13-30-9-11-31(12-10-30)20(33)6-2/h6-8,15,18H,2,5,9-14H2,1,3-4H3,(H,28,34)(H,25,26,27,29)/t15-,18-/m0/s1. The van der Waals surface area contributed by atoms with Gasteiger partial charge in [-0.3, -0.25) is 14.5 Å². The van der Waals surface area contributed by atoms with E-state index in [1.165, 1.54) is 11.0 Å². The number of carbonyl (C=O) groups is 2. The maximum absolute atomic E-state index is 12.9. The van der Waals surface area contributed by atoms with Gasteiger partial charge in [-0.2, -0.15) is 15.0 Å². The van der Waals surface area contributed by atoms with Gasteiger partial charge in [0.25, 0.3) is 5.56 Å². The first-order valence-electron chi connectivity index (χ1n) is 12.1. The number of anilines is 2. The lowest BCUT2D eigenvalue weighted by molar-refractivity contribution is -0.127. The second-order valence-corrected chi connectivity index (χ2v) is 8.95. The minimum atomic E-state index is -0.479. The number of cyclic esters (lactones) is 1. The van der Waals surface area contributed by atoms with E-state index in [0.29, 0.717) is 44.0 Å². The van der Waals surface area contributed by atoms with Crippen molar-refractivity contribution in [2.24, 2.45) is 0 Å². The summed E-state index contributed by atoms with van der Waals surface area (Å²) >= 11 is 0. The van der Waals surface area contributed by atoms with E-state index in [-0.39, 0.29) is 29.4 Å². The number of H-pyrrole nitrogens is 1. The SMILES string of the molecule is C=CC(=O)N1CCN(Cc2ccc([C@H](C)Nc3nc(C)nc(N4C(=O)OC[C@@H]4CC)n3)c(=O)[nH]2)CC1. The molecule has 36 heavy (non-hydrogen) atoms. The van der Waals surface area contributed by atoms with Crippen molar-refractivity contribution < 1.29 is 14.3 Å². The van der Waals surface area contributed by atoms with Gasteiger partial charge in [0, 0.05) is 44.0 Å². The predicted octanol–water partition coefficient (Wildman–Crippen LogP) is 1.61. The quantitative estimate of drug-likeness (QED) is 0.522. The number of piperazine rings is 1. The van der Waals surface area contributed by atoms with Gasteiger partial charge in [0.2, 0.25) is 17.8 Å². The van der Waals surface area contributed by atoms with E-state index in [9.17, 15) is 14.4 Å². The number of rotatable bonds is 8. The molecule has 0 aromatic carbocycles. The number of hydrogen-bond donors (Lipinski definition) is 2. The number of ether oxygens (including phenoxy) is 1. The van der Waals surface area contributed by atoms with Crippen LogP contribution in [0.4, 0.5) is 16.7 Å². The van der Waals surface area contributed by atoms with E-state index in [1.807, 2.05) is 19.9 Å². The minimum Gasteiger partial charge on any atom is -0.447 e. The van der Waals surface area contributed by atoms with Crippen molar-refractivity contribution in [3.63, 3.8) is 0 Å². The molecule has 12 heteroatoms. The van der Waals surface area contributed by atoms with E-state index in [1.54, 1.807) is 17.9 Å². The third-order valence-electron chi connectivity index (χ3n) is 6.45. The molecule has 0 spiro atoms. The van der Waals surface area contributed by atoms with Crippen LogP contribution in [-0.2, 0) is 16.1 Å². The zero-order valence-corrected chi connectivity index (χ0v) is 20.9. The predicted molar refractivity (Wildman–Crippen MR) is 134 cm³/mol. The van der Waals surface area contributed by atoms with Gasteiger partial charge in [-0.1, -0.05) is 13.5 Å². The van der Waals surface area contributed by atoms with E-state index >= 15 is 0 Å². The Morgan fingerprint density at radius 1 is 1.25 bits per heavy atom. The first-order chi connectivity index (χ1) is 17.3. The number of aromatic amines is 1. The fraction of sp³-hybridized carbons (Fsp3) is 0.500. The van der Waals surface area contributed by atoms with Crippen molar-refractivity contribution in [1.82, 2.24) is 29.7 Å². The molecule has 2 aromatic rings. The average molecular weight is 497 g/mol. The fourth-order valence-electron chi connectivity index (χ4n) is 4.37. The Labute approximate surface area is 209 Å². The average Bonchev–Trinajstić information content (AvgIpc) is 3.24. The monoisotopic (exact) mass is 496 g/mol. The molecule has 2 amide bonds. The summed E-state index contributed by atoms with van der Waals surface area (Å²) in [4.78, 5) is 58.3. The van der Waals surface area contributed by atoms with Crippen LogP contribution < -0.4 is 15.8 Å². The van der Waals surface area contributed by atoms with E-state index < -0.39 is 12.1 Å². The summed E-state index contributed by atoms with van der Waals surface area (Å²) in [7, 11) is 0. The number of hydrogen-bond acceptors (Lipinski definition) is 9. The van der Waals surface area contributed by atoms with E-state index in [2.05, 4.69) is 36.7 Å². The van der Waals surface area contributed by atoms with Crippen LogP contribution in [-0.4, -0.2) is 80.6 Å². The van der Waals surface area contributed by atoms with Crippen LogP contribution in [0.5, 0.6) is 0 Å². The summed E-state index contributed by atoms with van der Waals surface area (Å²) in [6, 6.07) is 3.17. The van der Waals surface area contributed by atoms with Crippen LogP contribution in [0.3, 0.4) is 0 Å². The van der Waals surface area contributed by atoms with Gasteiger partial charge < -0.3 is 19.9 Å². The Kier molecular flexibility index (Phi) is 7.63. The molecule has 2 aliphatic heterocycles. The van der Waals surface area contributed by atoms with Crippen LogP contribution in [0, 0.1) is 6.92 Å². The largest absolute Gasteiger partial charge is 0.447 e. The van der Waals surface area contributed by atoms with Crippen molar-refractivity contribution in [3.05, 3.63) is 52.2 Å². The number of nitrogens with zero attached hydrogens (tertiary/aromatic N) is 6. The maximum atomic E-state index is 12.9. The number of carbonyl (C=O) groups excluding carboxylic acids is 2. The van der Waals surface area contributed by atoms with Crippen LogP contribution >= 0.6 is 0 Å². The highest BCUT2D eigenvalue weighted by atomic mass is 16.6. The van der Waals surface area contributed by atoms with E-state index in [4.69, 9.17) is 4.74 Å². The van der Waals surface area contributed by atoms with Crippen LogP contribution in [0.2, 0.25) is 0 Å². The number of amides is 2. The van der Waals surface area contributed by atoms with Crippen molar-refractivity contribution in [2.45, 2.75) is 45.8 Å². The van der Waals surface area contributed by atoms with Crippen LogP contribution in [0.15, 0.2) is 29.6 Å². The lowest BCUT2D eigenvalue weighted by Crippen LogP contribution is -2.47. The molecule has 2 saturated heterocycles. The fourth-order valence-corrected chi connectivity index (χ4v) is 4.37. The van der Waals surface area contributed by atoms with Gasteiger partial charge in [-0.15, -0.1) is 0 Å². The Hall–Kier alpha value is -3.80. The lowest BCUT2D eigenvalue weighted by atomic mass is 10.1. The van der Waals surface area contributed by atoms with Gasteiger partial charge >= 0.3 is 6.09 Å². The molecule has 4 rings (SSSR count). The van der Waals surface area contributed by atoms with Crippen molar-refractivity contribution in [2.75, 3.05) is 43.0 Å². The number of pyridine rings is 1. The highest BCUT2D eigenvalue weighted by Crippen LogP contribution is 2.23. The first-order valence-corrected chi connectivity index (χ1v) is 12.1. The number of aryl methyl sites for hydroxylation is 1. The molecule has 4 heterocycles. The Morgan fingerprint density at radius 3 is 2.67 bits per heavy atom. The van der Waals surface area contributed by atoms with Crippen molar-refractivity contribution >= 4 is 23.9 Å². The van der Waals surface area contributed by atoms with Gasteiger partial charge in [-0.25, -0.2) is 9.69 Å². The van der Waals surface area contributed by atoms with Gasteiger partial charge in [-0.05, 0) is 38.5 Å². The molecule has 0 radical (unpaired) electrons. The molecule has 2 aliphatic rings. The highest BCUT2D eigenvalue weighted by Gasteiger charge is 2.35. The number of nitrogens with one attached hydrogen (secondary N) is 2. The summed E-state index contributed by atoms with van der Waals surface area (Å²) in [5.74, 6) is 0.893. The topological polar surface area (TPSA) is 137 Å². The Bertz CT molecular complexity index is 1190. The van der Waals surface area contributed by atoms with Crippen molar-refractivity contribution in [1.29, 1.82) is 0 Å². The minimum absolute atomic E-state index is 0.0556. The van der Waals surface area contributed by atoms with Gasteiger partial charge in [0.05, 0.1) is 12.1 Å². The molecule has 2 aromatic heterocycles. The number of aromatic nitrogens is 4. The maximum Gasteiger partial charge on any atom is 0.417 e. The van der Waals surface area contributed by atoms with E-state index in [0.717, 1.165) is 18.8 Å². The summed E-state index contributed by atoms with van der Waals surface area (Å²) in [6.45, 7) is 12.7. The Morgan fingerprint density at radius 2 is 2.00 bits per heavy atom.